The molecule has 1 aromatic rings. The topological polar surface area (TPSA) is 48.4 Å². The summed E-state index contributed by atoms with van der Waals surface area (Å²) >= 11 is 12.4. The molecule has 0 aliphatic carbocycles. The Morgan fingerprint density at radius 1 is 1.35 bits per heavy atom. The third-order valence-electron chi connectivity index (χ3n) is 3.63. The van der Waals surface area contributed by atoms with Gasteiger partial charge in [-0.05, 0) is 31.2 Å². The standard InChI is InChI=1S/C14H21Cl2N3O/c1-2-5-17-13-11(15)8-12(16)14(18-13)19-6-3-10(9-20)4-7-19/h8,10,20H,2-7,9H2,1H3,(H,17,18). The molecule has 6 heteroatoms. The Labute approximate surface area is 130 Å². The van der Waals surface area contributed by atoms with E-state index in [4.69, 9.17) is 23.2 Å². The molecule has 2 rings (SSSR count). The first kappa shape index (κ1) is 15.7. The van der Waals surface area contributed by atoms with Crippen LogP contribution in [0.25, 0.3) is 0 Å². The zero-order chi connectivity index (χ0) is 14.5. The molecule has 1 aliphatic heterocycles. The number of anilines is 2. The number of aromatic nitrogens is 1. The molecule has 0 saturated carbocycles. The summed E-state index contributed by atoms with van der Waals surface area (Å²) in [5.74, 6) is 1.87. The lowest BCUT2D eigenvalue weighted by Crippen LogP contribution is -2.35. The molecule has 2 heterocycles. The molecule has 20 heavy (non-hydrogen) atoms. The molecule has 0 spiro atoms. The van der Waals surface area contributed by atoms with Gasteiger partial charge in [-0.3, -0.25) is 0 Å². The molecule has 4 nitrogen and oxygen atoms in total. The zero-order valence-corrected chi connectivity index (χ0v) is 13.2. The quantitative estimate of drug-likeness (QED) is 0.873. The van der Waals surface area contributed by atoms with E-state index in [0.29, 0.717) is 21.8 Å². The van der Waals surface area contributed by atoms with Crippen LogP contribution in [0.2, 0.25) is 10.0 Å². The summed E-state index contributed by atoms with van der Waals surface area (Å²) in [6.07, 6.45) is 2.95. The van der Waals surface area contributed by atoms with Crippen molar-refractivity contribution in [1.29, 1.82) is 0 Å². The number of piperidine rings is 1. The highest BCUT2D eigenvalue weighted by atomic mass is 35.5. The SMILES string of the molecule is CCCNc1nc(N2CCC(CO)CC2)c(Cl)cc1Cl. The van der Waals surface area contributed by atoms with Gasteiger partial charge in [0, 0.05) is 26.2 Å². The molecule has 0 amide bonds. The van der Waals surface area contributed by atoms with E-state index in [1.807, 2.05) is 0 Å². The lowest BCUT2D eigenvalue weighted by Gasteiger charge is -2.32. The molecule has 0 bridgehead atoms. The lowest BCUT2D eigenvalue weighted by atomic mass is 9.98. The van der Waals surface area contributed by atoms with E-state index in [9.17, 15) is 5.11 Å². The first-order chi connectivity index (χ1) is 9.65. The van der Waals surface area contributed by atoms with E-state index in [1.54, 1.807) is 6.07 Å². The van der Waals surface area contributed by atoms with Gasteiger partial charge in [0.25, 0.3) is 0 Å². The van der Waals surface area contributed by atoms with E-state index >= 15 is 0 Å². The Balaban J connectivity index is 2.14. The van der Waals surface area contributed by atoms with Crippen LogP contribution in [-0.2, 0) is 0 Å². The molecule has 112 valence electrons. The molecule has 0 unspecified atom stereocenters. The number of aliphatic hydroxyl groups excluding tert-OH is 1. The van der Waals surface area contributed by atoms with Gasteiger partial charge in [-0.2, -0.15) is 0 Å². The fraction of sp³-hybridized carbons (Fsp3) is 0.643. The van der Waals surface area contributed by atoms with E-state index in [1.165, 1.54) is 0 Å². The second kappa shape index (κ2) is 7.34. The van der Waals surface area contributed by atoms with Crippen molar-refractivity contribution < 1.29 is 5.11 Å². The van der Waals surface area contributed by atoms with Crippen LogP contribution in [0.4, 0.5) is 11.6 Å². The highest BCUT2D eigenvalue weighted by Crippen LogP contribution is 2.33. The van der Waals surface area contributed by atoms with Crippen molar-refractivity contribution in [3.8, 4) is 0 Å². The van der Waals surface area contributed by atoms with E-state index in [0.717, 1.165) is 44.7 Å². The van der Waals surface area contributed by atoms with E-state index in [-0.39, 0.29) is 6.61 Å². The zero-order valence-electron chi connectivity index (χ0n) is 11.7. The van der Waals surface area contributed by atoms with Gasteiger partial charge in [0.2, 0.25) is 0 Å². The van der Waals surface area contributed by atoms with Gasteiger partial charge < -0.3 is 15.3 Å². The van der Waals surface area contributed by atoms with Gasteiger partial charge in [0.15, 0.2) is 0 Å². The van der Waals surface area contributed by atoms with Gasteiger partial charge in [-0.1, -0.05) is 30.1 Å². The first-order valence-electron chi connectivity index (χ1n) is 7.11. The first-order valence-corrected chi connectivity index (χ1v) is 7.87. The summed E-state index contributed by atoms with van der Waals surface area (Å²) < 4.78 is 0. The number of hydrogen-bond acceptors (Lipinski definition) is 4. The number of halogens is 2. The molecule has 0 aromatic carbocycles. The fourth-order valence-corrected chi connectivity index (χ4v) is 2.92. The number of rotatable bonds is 5. The van der Waals surface area contributed by atoms with Crippen molar-refractivity contribution in [3.63, 3.8) is 0 Å². The Morgan fingerprint density at radius 2 is 2.05 bits per heavy atom. The molecule has 1 fully saturated rings. The Hall–Kier alpha value is -0.710. The summed E-state index contributed by atoms with van der Waals surface area (Å²) in [6, 6.07) is 1.75. The monoisotopic (exact) mass is 317 g/mol. The van der Waals surface area contributed by atoms with Crippen LogP contribution in [0.5, 0.6) is 0 Å². The normalized spacial score (nSPS) is 16.5. The molecule has 1 saturated heterocycles. The summed E-state index contributed by atoms with van der Waals surface area (Å²) in [6.45, 7) is 4.93. The van der Waals surface area contributed by atoms with E-state index < -0.39 is 0 Å². The van der Waals surface area contributed by atoms with Crippen LogP contribution >= 0.6 is 23.2 Å². The van der Waals surface area contributed by atoms with Gasteiger partial charge in [0.05, 0.1) is 10.0 Å². The summed E-state index contributed by atoms with van der Waals surface area (Å²) in [5, 5.41) is 13.5. The number of nitrogens with zero attached hydrogens (tertiary/aromatic N) is 2. The van der Waals surface area contributed by atoms with Gasteiger partial charge in [0.1, 0.15) is 11.6 Å². The largest absolute Gasteiger partial charge is 0.396 e. The third kappa shape index (κ3) is 3.68. The highest BCUT2D eigenvalue weighted by molar-refractivity contribution is 6.37. The number of aliphatic hydroxyl groups is 1. The summed E-state index contributed by atoms with van der Waals surface area (Å²) in [4.78, 5) is 6.74. The van der Waals surface area contributed by atoms with Crippen LogP contribution in [0.1, 0.15) is 26.2 Å². The average molecular weight is 318 g/mol. The molecular weight excluding hydrogens is 297 g/mol. The van der Waals surface area contributed by atoms with Crippen LogP contribution in [-0.4, -0.2) is 36.3 Å². The summed E-state index contributed by atoms with van der Waals surface area (Å²) in [5.41, 5.74) is 0. The summed E-state index contributed by atoms with van der Waals surface area (Å²) in [7, 11) is 0. The lowest BCUT2D eigenvalue weighted by molar-refractivity contribution is 0.203. The highest BCUT2D eigenvalue weighted by Gasteiger charge is 2.22. The second-order valence-corrected chi connectivity index (χ2v) is 5.98. The average Bonchev–Trinajstić information content (AvgIpc) is 2.47. The third-order valence-corrected chi connectivity index (χ3v) is 4.19. The van der Waals surface area contributed by atoms with Crippen LogP contribution in [0, 0.1) is 5.92 Å². The van der Waals surface area contributed by atoms with Crippen LogP contribution in [0.3, 0.4) is 0 Å². The second-order valence-electron chi connectivity index (χ2n) is 5.16. The minimum Gasteiger partial charge on any atom is -0.396 e. The van der Waals surface area contributed by atoms with Crippen molar-refractivity contribution in [2.45, 2.75) is 26.2 Å². The van der Waals surface area contributed by atoms with Crippen molar-refractivity contribution in [1.82, 2.24) is 4.98 Å². The number of nitrogens with one attached hydrogen (secondary N) is 1. The predicted molar refractivity (Wildman–Crippen MR) is 85.1 cm³/mol. The van der Waals surface area contributed by atoms with Crippen LogP contribution < -0.4 is 10.2 Å². The minimum atomic E-state index is 0.263. The van der Waals surface area contributed by atoms with Crippen molar-refractivity contribution in [2.24, 2.45) is 5.92 Å². The molecule has 0 atom stereocenters. The van der Waals surface area contributed by atoms with Gasteiger partial charge in [-0.15, -0.1) is 0 Å². The molecule has 2 N–H and O–H groups in total. The van der Waals surface area contributed by atoms with Crippen molar-refractivity contribution in [2.75, 3.05) is 36.5 Å². The molecule has 1 aliphatic rings. The predicted octanol–water partition coefficient (Wildman–Crippen LogP) is 3.42. The van der Waals surface area contributed by atoms with Crippen molar-refractivity contribution >= 4 is 34.8 Å². The fourth-order valence-electron chi connectivity index (χ4n) is 2.37. The number of pyridine rings is 1. The maximum atomic E-state index is 9.19. The van der Waals surface area contributed by atoms with Gasteiger partial charge >= 0.3 is 0 Å². The van der Waals surface area contributed by atoms with Gasteiger partial charge in [-0.25, -0.2) is 4.98 Å². The maximum Gasteiger partial charge on any atom is 0.149 e. The Bertz CT molecular complexity index is 448. The minimum absolute atomic E-state index is 0.263. The van der Waals surface area contributed by atoms with Crippen LogP contribution in [0.15, 0.2) is 6.07 Å². The maximum absolute atomic E-state index is 9.19. The number of hydrogen-bond donors (Lipinski definition) is 2. The molecular formula is C14H21Cl2N3O. The van der Waals surface area contributed by atoms with Crippen molar-refractivity contribution in [3.05, 3.63) is 16.1 Å². The molecule has 1 aromatic heterocycles. The Kier molecular flexibility index (Phi) is 5.75. The smallest absolute Gasteiger partial charge is 0.149 e. The molecule has 0 radical (unpaired) electrons. The van der Waals surface area contributed by atoms with E-state index in [2.05, 4.69) is 22.1 Å². The Morgan fingerprint density at radius 3 is 2.65 bits per heavy atom.